The van der Waals surface area contributed by atoms with Gasteiger partial charge in [0.1, 0.15) is 6.04 Å². The van der Waals surface area contributed by atoms with Crippen LogP contribution in [0, 0.1) is 0 Å². The predicted molar refractivity (Wildman–Crippen MR) is 66.0 cm³/mol. The van der Waals surface area contributed by atoms with E-state index in [2.05, 4.69) is 4.74 Å². The normalized spacial score (nSPS) is 19.9. The number of aliphatic carboxylic acids is 1. The molecule has 1 fully saturated rings. The van der Waals surface area contributed by atoms with Gasteiger partial charge in [0.15, 0.2) is 5.75 Å². The van der Waals surface area contributed by atoms with Crippen molar-refractivity contribution < 1.29 is 27.9 Å². The van der Waals surface area contributed by atoms with Gasteiger partial charge in [0.05, 0.1) is 7.11 Å². The van der Waals surface area contributed by atoms with Gasteiger partial charge in [-0.15, -0.1) is 0 Å². The van der Waals surface area contributed by atoms with Crippen LogP contribution in [0.3, 0.4) is 0 Å². The number of piperazine rings is 1. The number of sulfonamides is 1. The third-order valence-corrected chi connectivity index (χ3v) is 4.85. The molecule has 1 N–H and O–H groups in total. The zero-order chi connectivity index (χ0) is 14.6. The van der Waals surface area contributed by atoms with Crippen LogP contribution in [-0.4, -0.2) is 79.8 Å². The second-order valence-corrected chi connectivity index (χ2v) is 6.25. The van der Waals surface area contributed by atoms with Crippen molar-refractivity contribution in [3.05, 3.63) is 0 Å². The lowest BCUT2D eigenvalue weighted by molar-refractivity contribution is -0.143. The molecule has 1 aliphatic rings. The van der Waals surface area contributed by atoms with E-state index in [4.69, 9.17) is 5.11 Å². The van der Waals surface area contributed by atoms with Crippen LogP contribution in [0.5, 0.6) is 0 Å². The molecule has 8 nitrogen and oxygen atoms in total. The van der Waals surface area contributed by atoms with Crippen LogP contribution in [0.1, 0.15) is 6.92 Å². The monoisotopic (exact) mass is 294 g/mol. The zero-order valence-electron chi connectivity index (χ0n) is 10.9. The van der Waals surface area contributed by atoms with E-state index < -0.39 is 33.8 Å². The van der Waals surface area contributed by atoms with Crippen LogP contribution < -0.4 is 0 Å². The molecule has 9 heteroatoms. The average Bonchev–Trinajstić information content (AvgIpc) is 2.37. The van der Waals surface area contributed by atoms with Crippen molar-refractivity contribution in [3.8, 4) is 0 Å². The van der Waals surface area contributed by atoms with Crippen LogP contribution >= 0.6 is 0 Å². The molecule has 0 amide bonds. The van der Waals surface area contributed by atoms with Gasteiger partial charge in [-0.2, -0.15) is 4.31 Å². The highest BCUT2D eigenvalue weighted by atomic mass is 32.2. The molecule has 0 aromatic carbocycles. The maximum Gasteiger partial charge on any atom is 0.322 e. The highest BCUT2D eigenvalue weighted by Crippen LogP contribution is 2.11. The van der Waals surface area contributed by atoms with E-state index in [0.717, 1.165) is 7.11 Å². The molecule has 1 saturated heterocycles. The summed E-state index contributed by atoms with van der Waals surface area (Å²) in [5.74, 6) is -2.43. The van der Waals surface area contributed by atoms with Crippen molar-refractivity contribution in [1.82, 2.24) is 9.21 Å². The van der Waals surface area contributed by atoms with Crippen molar-refractivity contribution in [2.75, 3.05) is 39.0 Å². The molecule has 0 aromatic rings. The van der Waals surface area contributed by atoms with Gasteiger partial charge < -0.3 is 9.84 Å². The van der Waals surface area contributed by atoms with E-state index in [0.29, 0.717) is 13.1 Å². The number of rotatable bonds is 5. The van der Waals surface area contributed by atoms with E-state index >= 15 is 0 Å². The summed E-state index contributed by atoms with van der Waals surface area (Å²) in [5, 5.41) is 8.88. The molecule has 0 saturated carbocycles. The molecule has 19 heavy (non-hydrogen) atoms. The number of hydrogen-bond donors (Lipinski definition) is 1. The summed E-state index contributed by atoms with van der Waals surface area (Å²) >= 11 is 0. The summed E-state index contributed by atoms with van der Waals surface area (Å²) in [6, 6.07) is -0.648. The average molecular weight is 294 g/mol. The van der Waals surface area contributed by atoms with E-state index in [1.807, 2.05) is 0 Å². The molecule has 110 valence electrons. The van der Waals surface area contributed by atoms with Crippen LogP contribution in [0.2, 0.25) is 0 Å². The summed E-state index contributed by atoms with van der Waals surface area (Å²) in [5.41, 5.74) is 0. The highest BCUT2D eigenvalue weighted by Gasteiger charge is 2.32. The van der Waals surface area contributed by atoms with Gasteiger partial charge in [0, 0.05) is 26.2 Å². The molecule has 1 unspecified atom stereocenters. The number of methoxy groups -OCH3 is 1. The molecule has 0 spiro atoms. The lowest BCUT2D eigenvalue weighted by Crippen LogP contribution is -2.53. The van der Waals surface area contributed by atoms with E-state index in [1.165, 1.54) is 4.31 Å². The molecular formula is C10H18N2O6S. The fourth-order valence-corrected chi connectivity index (χ4v) is 3.14. The Hall–Kier alpha value is -1.19. The van der Waals surface area contributed by atoms with Gasteiger partial charge in [0.2, 0.25) is 10.0 Å². The van der Waals surface area contributed by atoms with E-state index in [-0.39, 0.29) is 13.1 Å². The fraction of sp³-hybridized carbons (Fsp3) is 0.800. The van der Waals surface area contributed by atoms with Gasteiger partial charge in [-0.25, -0.2) is 8.42 Å². The first-order chi connectivity index (χ1) is 8.77. The first-order valence-corrected chi connectivity index (χ1v) is 7.40. The summed E-state index contributed by atoms with van der Waals surface area (Å²) in [7, 11) is -2.55. The van der Waals surface area contributed by atoms with Gasteiger partial charge >= 0.3 is 11.9 Å². The number of carbonyl (C=O) groups is 2. The Kier molecular flexibility index (Phi) is 5.27. The minimum atomic E-state index is -3.68. The Labute approximate surface area is 112 Å². The minimum Gasteiger partial charge on any atom is -0.480 e. The summed E-state index contributed by atoms with van der Waals surface area (Å²) in [6.07, 6.45) is 0. The standard InChI is InChI=1S/C10H18N2O6S/c1-8(10(14)15)11-3-5-12(6-4-11)19(16,17)7-9(13)18-2/h8H,3-7H2,1-2H3,(H,14,15). The van der Waals surface area contributed by atoms with Crippen molar-refractivity contribution >= 4 is 22.0 Å². The van der Waals surface area contributed by atoms with E-state index in [9.17, 15) is 18.0 Å². The second-order valence-electron chi connectivity index (χ2n) is 4.28. The number of hydrogen-bond acceptors (Lipinski definition) is 6. The third-order valence-electron chi connectivity index (χ3n) is 3.10. The molecule has 0 aliphatic carbocycles. The second kappa shape index (κ2) is 6.31. The Morgan fingerprint density at radius 3 is 2.21 bits per heavy atom. The largest absolute Gasteiger partial charge is 0.480 e. The third kappa shape index (κ3) is 4.15. The molecule has 1 atom stereocenters. The smallest absolute Gasteiger partial charge is 0.322 e. The fourth-order valence-electron chi connectivity index (χ4n) is 1.82. The Morgan fingerprint density at radius 2 is 1.79 bits per heavy atom. The van der Waals surface area contributed by atoms with Crippen LogP contribution in [-0.2, 0) is 24.3 Å². The molecule has 0 radical (unpaired) electrons. The highest BCUT2D eigenvalue weighted by molar-refractivity contribution is 7.89. The van der Waals surface area contributed by atoms with Crippen molar-refractivity contribution in [2.45, 2.75) is 13.0 Å². The van der Waals surface area contributed by atoms with Crippen LogP contribution in [0.25, 0.3) is 0 Å². The summed E-state index contributed by atoms with van der Waals surface area (Å²) < 4.78 is 29.2. The Morgan fingerprint density at radius 1 is 1.26 bits per heavy atom. The van der Waals surface area contributed by atoms with Gasteiger partial charge in [0.25, 0.3) is 0 Å². The maximum absolute atomic E-state index is 11.9. The topological polar surface area (TPSA) is 104 Å². The number of carboxylic acids is 1. The van der Waals surface area contributed by atoms with Gasteiger partial charge in [-0.3, -0.25) is 14.5 Å². The van der Waals surface area contributed by atoms with Gasteiger partial charge in [-0.05, 0) is 6.92 Å². The van der Waals surface area contributed by atoms with Crippen LogP contribution in [0.15, 0.2) is 0 Å². The lowest BCUT2D eigenvalue weighted by Gasteiger charge is -2.35. The molecule has 0 bridgehead atoms. The predicted octanol–water partition coefficient (Wildman–Crippen LogP) is -1.42. The quantitative estimate of drug-likeness (QED) is 0.620. The number of carbonyl (C=O) groups excluding carboxylic acids is 1. The maximum atomic E-state index is 11.9. The molecular weight excluding hydrogens is 276 g/mol. The van der Waals surface area contributed by atoms with E-state index in [1.54, 1.807) is 11.8 Å². The molecule has 0 aromatic heterocycles. The van der Waals surface area contributed by atoms with Crippen molar-refractivity contribution in [1.29, 1.82) is 0 Å². The summed E-state index contributed by atoms with van der Waals surface area (Å²) in [4.78, 5) is 23.5. The summed E-state index contributed by atoms with van der Waals surface area (Å²) in [6.45, 7) is 2.57. The lowest BCUT2D eigenvalue weighted by atomic mass is 10.2. The molecule has 1 rings (SSSR count). The zero-order valence-corrected chi connectivity index (χ0v) is 11.7. The first-order valence-electron chi connectivity index (χ1n) is 5.79. The number of carboxylic acid groups (broad SMARTS) is 1. The first kappa shape index (κ1) is 15.9. The number of nitrogens with zero attached hydrogens (tertiary/aromatic N) is 2. The van der Waals surface area contributed by atoms with Crippen LogP contribution in [0.4, 0.5) is 0 Å². The van der Waals surface area contributed by atoms with Crippen molar-refractivity contribution in [3.63, 3.8) is 0 Å². The minimum absolute atomic E-state index is 0.178. The van der Waals surface area contributed by atoms with Crippen molar-refractivity contribution in [2.24, 2.45) is 0 Å². The SMILES string of the molecule is COC(=O)CS(=O)(=O)N1CCN(C(C)C(=O)O)CC1. The Balaban J connectivity index is 2.58. The van der Waals surface area contributed by atoms with Gasteiger partial charge in [-0.1, -0.05) is 0 Å². The Bertz CT molecular complexity index is 441. The molecule has 1 aliphatic heterocycles. The number of esters is 1. The molecule has 1 heterocycles. The number of ether oxygens (including phenoxy) is 1.